The molecule has 0 bridgehead atoms. The van der Waals surface area contributed by atoms with Gasteiger partial charge in [-0.2, -0.15) is 9.97 Å². The molecule has 4 aromatic carbocycles. The molecule has 2 atom stereocenters. The van der Waals surface area contributed by atoms with Crippen molar-refractivity contribution in [3.05, 3.63) is 119 Å². The SMILES string of the molecule is CC(C)(C)OC(=O)N1CCC[C@H]1COc1nc2c(c(N3CCN(C(=O)O)C(Cc4ccccc4)C3)n1)CCN(c1cc(OCc3ccccc3)cc3ccccc13)C2. The van der Waals surface area contributed by atoms with E-state index in [4.69, 9.17) is 24.2 Å². The summed E-state index contributed by atoms with van der Waals surface area (Å²) in [6, 6.07) is 32.6. The van der Waals surface area contributed by atoms with Crippen LogP contribution >= 0.6 is 0 Å². The van der Waals surface area contributed by atoms with E-state index in [0.29, 0.717) is 52.2 Å². The van der Waals surface area contributed by atoms with Gasteiger partial charge in [0.25, 0.3) is 0 Å². The van der Waals surface area contributed by atoms with Gasteiger partial charge < -0.3 is 38.9 Å². The summed E-state index contributed by atoms with van der Waals surface area (Å²) in [6.45, 7) is 9.48. The van der Waals surface area contributed by atoms with E-state index in [-0.39, 0.29) is 30.8 Å². The summed E-state index contributed by atoms with van der Waals surface area (Å²) in [7, 11) is 0. The molecule has 3 aliphatic heterocycles. The Kier molecular flexibility index (Phi) is 11.3. The molecule has 8 rings (SSSR count). The van der Waals surface area contributed by atoms with Crippen LogP contribution in [0.4, 0.5) is 21.1 Å². The average Bonchev–Trinajstić information content (AvgIpc) is 3.70. The first-order valence-corrected chi connectivity index (χ1v) is 20.3. The van der Waals surface area contributed by atoms with E-state index in [1.807, 2.05) is 75.4 Å². The molecular formula is C46H52N6O6. The Morgan fingerprint density at radius 3 is 2.29 bits per heavy atom. The highest BCUT2D eigenvalue weighted by Gasteiger charge is 2.36. The fourth-order valence-electron chi connectivity index (χ4n) is 8.37. The fraction of sp³-hybridized carbons (Fsp3) is 0.391. The lowest BCUT2D eigenvalue weighted by molar-refractivity contribution is 0.0183. The van der Waals surface area contributed by atoms with Gasteiger partial charge >= 0.3 is 18.2 Å². The van der Waals surface area contributed by atoms with E-state index in [2.05, 4.69) is 52.3 Å². The second kappa shape index (κ2) is 16.8. The molecule has 12 nitrogen and oxygen atoms in total. The third-order valence-corrected chi connectivity index (χ3v) is 11.2. The Hall–Kier alpha value is -6.04. The number of carbonyl (C=O) groups excluding carboxylic acids is 1. The molecule has 1 N–H and O–H groups in total. The summed E-state index contributed by atoms with van der Waals surface area (Å²) < 4.78 is 18.5. The van der Waals surface area contributed by atoms with Crippen molar-refractivity contribution in [1.29, 1.82) is 0 Å². The van der Waals surface area contributed by atoms with E-state index in [9.17, 15) is 14.7 Å². The van der Waals surface area contributed by atoms with Crippen molar-refractivity contribution in [2.75, 3.05) is 49.1 Å². The smallest absolute Gasteiger partial charge is 0.410 e. The van der Waals surface area contributed by atoms with Crippen molar-refractivity contribution in [1.82, 2.24) is 19.8 Å². The minimum Gasteiger partial charge on any atom is -0.489 e. The number of ether oxygens (including phenoxy) is 3. The van der Waals surface area contributed by atoms with Gasteiger partial charge in [-0.25, -0.2) is 9.59 Å². The first-order chi connectivity index (χ1) is 28.1. The Morgan fingerprint density at radius 2 is 1.53 bits per heavy atom. The Labute approximate surface area is 340 Å². The number of hydrogen-bond donors (Lipinski definition) is 1. The first-order valence-electron chi connectivity index (χ1n) is 20.3. The predicted molar refractivity (Wildman–Crippen MR) is 224 cm³/mol. The van der Waals surface area contributed by atoms with Crippen LogP contribution in [0.15, 0.2) is 97.1 Å². The number of carbonyl (C=O) groups is 2. The molecule has 0 aliphatic carbocycles. The molecule has 1 unspecified atom stereocenters. The first kappa shape index (κ1) is 38.8. The molecular weight excluding hydrogens is 733 g/mol. The summed E-state index contributed by atoms with van der Waals surface area (Å²) in [5, 5.41) is 12.4. The van der Waals surface area contributed by atoms with Crippen LogP contribution in [0.3, 0.4) is 0 Å². The van der Waals surface area contributed by atoms with E-state index < -0.39 is 11.7 Å². The molecule has 4 heterocycles. The number of aromatic nitrogens is 2. The average molecular weight is 785 g/mol. The molecule has 1 aromatic heterocycles. The lowest BCUT2D eigenvalue weighted by Crippen LogP contribution is -2.56. The van der Waals surface area contributed by atoms with E-state index in [1.54, 1.807) is 9.80 Å². The summed E-state index contributed by atoms with van der Waals surface area (Å²) in [5.41, 5.74) is 4.55. The van der Waals surface area contributed by atoms with Gasteiger partial charge in [-0.15, -0.1) is 0 Å². The molecule has 302 valence electrons. The van der Waals surface area contributed by atoms with Crippen LogP contribution < -0.4 is 19.3 Å². The van der Waals surface area contributed by atoms with Gasteiger partial charge in [0, 0.05) is 55.4 Å². The Bertz CT molecular complexity index is 2230. The van der Waals surface area contributed by atoms with Gasteiger partial charge in [0.2, 0.25) is 0 Å². The van der Waals surface area contributed by atoms with Crippen molar-refractivity contribution < 1.29 is 28.9 Å². The maximum atomic E-state index is 13.1. The van der Waals surface area contributed by atoms with Crippen LogP contribution in [0.5, 0.6) is 11.8 Å². The number of carboxylic acid groups (broad SMARTS) is 1. The molecule has 2 fully saturated rings. The highest BCUT2D eigenvalue weighted by atomic mass is 16.6. The monoisotopic (exact) mass is 784 g/mol. The highest BCUT2D eigenvalue weighted by molar-refractivity contribution is 5.96. The number of fused-ring (bicyclic) bond motifs is 2. The van der Waals surface area contributed by atoms with Gasteiger partial charge in [0.15, 0.2) is 0 Å². The standard InChI is InChI=1S/C46H52N6O6/c1-46(2,3)58-45(55)52-21-12-18-35(52)31-57-43-47-40-29-49(41-27-37(26-34-17-10-11-19-38(34)41)56-30-33-15-8-5-9-16-33)22-20-39(40)42(48-43)50-23-24-51(44(53)54)36(28-50)25-32-13-6-4-7-14-32/h4-11,13-17,19,26-27,35-36H,12,18,20-25,28-31H2,1-3H3,(H,53,54)/t35-,36?/m0/s1. The Balaban J connectivity index is 1.11. The number of benzene rings is 4. The summed E-state index contributed by atoms with van der Waals surface area (Å²) in [5.74, 6) is 1.57. The molecule has 2 amide bonds. The minimum absolute atomic E-state index is 0.172. The van der Waals surface area contributed by atoms with Crippen molar-refractivity contribution >= 4 is 34.5 Å². The van der Waals surface area contributed by atoms with Crippen LogP contribution in [-0.2, 0) is 30.7 Å². The van der Waals surface area contributed by atoms with Crippen LogP contribution in [0.2, 0.25) is 0 Å². The summed E-state index contributed by atoms with van der Waals surface area (Å²) >= 11 is 0. The van der Waals surface area contributed by atoms with Gasteiger partial charge in [-0.3, -0.25) is 0 Å². The van der Waals surface area contributed by atoms with Crippen molar-refractivity contribution in [3.8, 4) is 11.8 Å². The number of amides is 2. The summed E-state index contributed by atoms with van der Waals surface area (Å²) in [6.07, 6.45) is 1.66. The molecule has 0 saturated carbocycles. The predicted octanol–water partition coefficient (Wildman–Crippen LogP) is 7.96. The lowest BCUT2D eigenvalue weighted by atomic mass is 9.99. The fourth-order valence-corrected chi connectivity index (χ4v) is 8.37. The van der Waals surface area contributed by atoms with Crippen LogP contribution in [-0.4, -0.2) is 94.1 Å². The topological polar surface area (TPSA) is 121 Å². The minimum atomic E-state index is -0.918. The number of likely N-dealkylation sites (tertiary alicyclic amines) is 1. The van der Waals surface area contributed by atoms with Crippen molar-refractivity contribution in [2.24, 2.45) is 0 Å². The van der Waals surface area contributed by atoms with E-state index in [1.165, 1.54) is 0 Å². The highest BCUT2D eigenvalue weighted by Crippen LogP contribution is 2.37. The third-order valence-electron chi connectivity index (χ3n) is 11.2. The molecule has 58 heavy (non-hydrogen) atoms. The number of nitrogens with zero attached hydrogens (tertiary/aromatic N) is 6. The van der Waals surface area contributed by atoms with Crippen LogP contribution in [0, 0.1) is 0 Å². The second-order valence-corrected chi connectivity index (χ2v) is 16.4. The van der Waals surface area contributed by atoms with E-state index >= 15 is 0 Å². The molecule has 3 aliphatic rings. The van der Waals surface area contributed by atoms with Crippen LogP contribution in [0.1, 0.15) is 56.0 Å². The number of rotatable bonds is 10. The number of anilines is 2. The summed E-state index contributed by atoms with van der Waals surface area (Å²) in [4.78, 5) is 43.6. The van der Waals surface area contributed by atoms with E-state index in [0.717, 1.165) is 69.8 Å². The van der Waals surface area contributed by atoms with Gasteiger partial charge in [-0.1, -0.05) is 84.9 Å². The van der Waals surface area contributed by atoms with Crippen molar-refractivity contribution in [2.45, 2.75) is 77.3 Å². The maximum absolute atomic E-state index is 13.1. The van der Waals surface area contributed by atoms with Gasteiger partial charge in [0.05, 0.1) is 24.3 Å². The third kappa shape index (κ3) is 8.91. The molecule has 5 aromatic rings. The largest absolute Gasteiger partial charge is 0.489 e. The number of piperazine rings is 1. The normalized spacial score (nSPS) is 18.3. The molecule has 2 saturated heterocycles. The molecule has 12 heteroatoms. The zero-order valence-electron chi connectivity index (χ0n) is 33.5. The quantitative estimate of drug-likeness (QED) is 0.149. The Morgan fingerprint density at radius 1 is 0.793 bits per heavy atom. The lowest BCUT2D eigenvalue weighted by Gasteiger charge is -2.42. The molecule has 0 radical (unpaired) electrons. The van der Waals surface area contributed by atoms with Crippen LogP contribution in [0.25, 0.3) is 10.8 Å². The van der Waals surface area contributed by atoms with Gasteiger partial charge in [0.1, 0.15) is 30.4 Å². The second-order valence-electron chi connectivity index (χ2n) is 16.4. The van der Waals surface area contributed by atoms with Crippen molar-refractivity contribution in [3.63, 3.8) is 0 Å². The van der Waals surface area contributed by atoms with Gasteiger partial charge in [-0.05, 0) is 69.0 Å². The zero-order chi connectivity index (χ0) is 40.2. The number of hydrogen-bond acceptors (Lipinski definition) is 9. The zero-order valence-corrected chi connectivity index (χ0v) is 33.5. The molecule has 0 spiro atoms. The maximum Gasteiger partial charge on any atom is 0.410 e.